The van der Waals surface area contributed by atoms with Gasteiger partial charge in [0.2, 0.25) is 0 Å². The summed E-state index contributed by atoms with van der Waals surface area (Å²) in [4.78, 5) is 0. The van der Waals surface area contributed by atoms with Crippen molar-refractivity contribution in [2.45, 2.75) is 25.9 Å². The molecule has 0 aliphatic carbocycles. The van der Waals surface area contributed by atoms with Gasteiger partial charge in [-0.25, -0.2) is 4.39 Å². The maximum atomic E-state index is 13.0. The Morgan fingerprint density at radius 1 is 1.19 bits per heavy atom. The Morgan fingerprint density at radius 3 is 2.48 bits per heavy atom. The van der Waals surface area contributed by atoms with E-state index < -0.39 is 0 Å². The van der Waals surface area contributed by atoms with Crippen molar-refractivity contribution in [3.8, 4) is 5.75 Å². The largest absolute Gasteiger partial charge is 0.497 e. The van der Waals surface area contributed by atoms with Crippen molar-refractivity contribution in [3.05, 3.63) is 64.4 Å². The van der Waals surface area contributed by atoms with Crippen LogP contribution in [-0.2, 0) is 6.54 Å². The summed E-state index contributed by atoms with van der Waals surface area (Å²) in [5.74, 6) is 0.529. The molecule has 0 fully saturated rings. The molecule has 112 valence electrons. The molecule has 0 saturated heterocycles. The molecule has 1 atom stereocenters. The van der Waals surface area contributed by atoms with Crippen LogP contribution in [0.25, 0.3) is 0 Å². The number of hydrogen-bond donors (Lipinski definition) is 1. The molecule has 0 aliphatic rings. The molecule has 0 aromatic heterocycles. The number of halogens is 2. The van der Waals surface area contributed by atoms with Gasteiger partial charge in [-0.05, 0) is 41.8 Å². The first kappa shape index (κ1) is 15.8. The molecule has 0 amide bonds. The van der Waals surface area contributed by atoms with Crippen molar-refractivity contribution in [3.63, 3.8) is 0 Å². The van der Waals surface area contributed by atoms with Gasteiger partial charge in [0.15, 0.2) is 0 Å². The van der Waals surface area contributed by atoms with Crippen molar-refractivity contribution < 1.29 is 9.13 Å². The fourth-order valence-electron chi connectivity index (χ4n) is 2.23. The molecular formula is C17H19ClFNO. The first-order valence-electron chi connectivity index (χ1n) is 6.95. The first-order chi connectivity index (χ1) is 10.1. The smallest absolute Gasteiger partial charge is 0.124 e. The van der Waals surface area contributed by atoms with Gasteiger partial charge in [0.05, 0.1) is 7.11 Å². The second-order valence-electron chi connectivity index (χ2n) is 4.85. The van der Waals surface area contributed by atoms with Gasteiger partial charge in [0.1, 0.15) is 11.6 Å². The number of ether oxygens (including phenoxy) is 1. The van der Waals surface area contributed by atoms with E-state index in [0.717, 1.165) is 17.7 Å². The Kier molecular flexibility index (Phi) is 5.59. The van der Waals surface area contributed by atoms with Crippen LogP contribution in [0.4, 0.5) is 4.39 Å². The fraction of sp³-hybridized carbons (Fsp3) is 0.294. The van der Waals surface area contributed by atoms with E-state index >= 15 is 0 Å². The number of hydrogen-bond acceptors (Lipinski definition) is 2. The van der Waals surface area contributed by atoms with Gasteiger partial charge in [-0.1, -0.05) is 36.7 Å². The van der Waals surface area contributed by atoms with Gasteiger partial charge in [0, 0.05) is 17.6 Å². The molecule has 2 rings (SSSR count). The average Bonchev–Trinajstić information content (AvgIpc) is 2.50. The Hall–Kier alpha value is -1.58. The summed E-state index contributed by atoms with van der Waals surface area (Å²) in [7, 11) is 1.65. The standard InChI is InChI=1S/C17H19ClFNO/c1-3-17(12-5-8-15(21-2)9-6-12)20-11-13-4-7-14(19)10-16(13)18/h4-10,17,20H,3,11H2,1-2H3. The highest BCUT2D eigenvalue weighted by Crippen LogP contribution is 2.22. The topological polar surface area (TPSA) is 21.3 Å². The molecule has 0 bridgehead atoms. The predicted octanol–water partition coefficient (Wildman–Crippen LogP) is 4.73. The van der Waals surface area contributed by atoms with Crippen LogP contribution < -0.4 is 10.1 Å². The van der Waals surface area contributed by atoms with Crippen molar-refractivity contribution >= 4 is 11.6 Å². The molecule has 2 nitrogen and oxygen atoms in total. The van der Waals surface area contributed by atoms with Gasteiger partial charge in [-0.15, -0.1) is 0 Å². The monoisotopic (exact) mass is 307 g/mol. The molecule has 2 aromatic carbocycles. The van der Waals surface area contributed by atoms with Crippen molar-refractivity contribution in [1.82, 2.24) is 5.32 Å². The van der Waals surface area contributed by atoms with E-state index in [1.807, 2.05) is 24.3 Å². The third kappa shape index (κ3) is 4.19. The number of rotatable bonds is 6. The normalized spacial score (nSPS) is 12.2. The molecule has 0 spiro atoms. The summed E-state index contributed by atoms with van der Waals surface area (Å²) in [6, 6.07) is 12.7. The summed E-state index contributed by atoms with van der Waals surface area (Å²) in [6.45, 7) is 2.72. The lowest BCUT2D eigenvalue weighted by molar-refractivity contribution is 0.414. The lowest BCUT2D eigenvalue weighted by Crippen LogP contribution is -2.20. The molecule has 1 N–H and O–H groups in total. The summed E-state index contributed by atoms with van der Waals surface area (Å²) < 4.78 is 18.2. The molecular weight excluding hydrogens is 289 g/mol. The van der Waals surface area contributed by atoms with Gasteiger partial charge >= 0.3 is 0 Å². The van der Waals surface area contributed by atoms with E-state index in [1.54, 1.807) is 13.2 Å². The van der Waals surface area contributed by atoms with Gasteiger partial charge < -0.3 is 10.1 Å². The van der Waals surface area contributed by atoms with Crippen LogP contribution >= 0.6 is 11.6 Å². The molecule has 0 aliphatic heterocycles. The minimum Gasteiger partial charge on any atom is -0.497 e. The van der Waals surface area contributed by atoms with Gasteiger partial charge in [-0.2, -0.15) is 0 Å². The van der Waals surface area contributed by atoms with Crippen molar-refractivity contribution in [1.29, 1.82) is 0 Å². The van der Waals surface area contributed by atoms with Crippen molar-refractivity contribution in [2.75, 3.05) is 7.11 Å². The van der Waals surface area contributed by atoms with E-state index in [4.69, 9.17) is 16.3 Å². The molecule has 4 heteroatoms. The average molecular weight is 308 g/mol. The van der Waals surface area contributed by atoms with Gasteiger partial charge in [-0.3, -0.25) is 0 Å². The minimum atomic E-state index is -0.314. The summed E-state index contributed by atoms with van der Waals surface area (Å²) >= 11 is 6.05. The van der Waals surface area contributed by atoms with Gasteiger partial charge in [0.25, 0.3) is 0 Å². The fourth-order valence-corrected chi connectivity index (χ4v) is 2.47. The third-order valence-corrected chi connectivity index (χ3v) is 3.83. The molecule has 2 aromatic rings. The Morgan fingerprint density at radius 2 is 1.90 bits per heavy atom. The second-order valence-corrected chi connectivity index (χ2v) is 5.26. The molecule has 21 heavy (non-hydrogen) atoms. The van der Waals surface area contributed by atoms with Crippen LogP contribution in [-0.4, -0.2) is 7.11 Å². The first-order valence-corrected chi connectivity index (χ1v) is 7.33. The highest BCUT2D eigenvalue weighted by atomic mass is 35.5. The Balaban J connectivity index is 2.04. The van der Waals surface area contributed by atoms with Crippen LogP contribution in [0.15, 0.2) is 42.5 Å². The maximum Gasteiger partial charge on any atom is 0.124 e. The zero-order chi connectivity index (χ0) is 15.2. The SMILES string of the molecule is CCC(NCc1ccc(F)cc1Cl)c1ccc(OC)cc1. The number of benzene rings is 2. The highest BCUT2D eigenvalue weighted by Gasteiger charge is 2.10. The minimum absolute atomic E-state index is 0.219. The lowest BCUT2D eigenvalue weighted by atomic mass is 10.0. The molecule has 1 unspecified atom stereocenters. The maximum absolute atomic E-state index is 13.0. The van der Waals surface area contributed by atoms with Crippen LogP contribution in [0.3, 0.4) is 0 Å². The van der Waals surface area contributed by atoms with Crippen LogP contribution in [0.2, 0.25) is 5.02 Å². The van der Waals surface area contributed by atoms with E-state index in [1.165, 1.54) is 17.7 Å². The molecule has 0 heterocycles. The highest BCUT2D eigenvalue weighted by molar-refractivity contribution is 6.31. The summed E-state index contributed by atoms with van der Waals surface area (Å²) in [5.41, 5.74) is 2.08. The quantitative estimate of drug-likeness (QED) is 0.833. The van der Waals surface area contributed by atoms with Crippen molar-refractivity contribution in [2.24, 2.45) is 0 Å². The second kappa shape index (κ2) is 7.43. The molecule has 0 saturated carbocycles. The zero-order valence-corrected chi connectivity index (χ0v) is 13.0. The number of methoxy groups -OCH3 is 1. The third-order valence-electron chi connectivity index (χ3n) is 3.48. The van der Waals surface area contributed by atoms with E-state index in [9.17, 15) is 4.39 Å². The van der Waals surface area contributed by atoms with E-state index in [2.05, 4.69) is 12.2 Å². The Bertz CT molecular complexity index is 586. The predicted molar refractivity (Wildman–Crippen MR) is 84.3 cm³/mol. The Labute approximate surface area is 129 Å². The van der Waals surface area contributed by atoms with Crippen LogP contribution in [0.1, 0.15) is 30.5 Å². The van der Waals surface area contributed by atoms with E-state index in [-0.39, 0.29) is 11.9 Å². The van der Waals surface area contributed by atoms with Crippen LogP contribution in [0.5, 0.6) is 5.75 Å². The van der Waals surface area contributed by atoms with Crippen LogP contribution in [0, 0.1) is 5.82 Å². The van der Waals surface area contributed by atoms with E-state index in [0.29, 0.717) is 11.6 Å². The summed E-state index contributed by atoms with van der Waals surface area (Å²) in [5, 5.41) is 3.90. The summed E-state index contributed by atoms with van der Waals surface area (Å²) in [6.07, 6.45) is 0.950. The molecule has 0 radical (unpaired) electrons. The lowest BCUT2D eigenvalue weighted by Gasteiger charge is -2.18. The number of nitrogens with one attached hydrogen (secondary N) is 1. The zero-order valence-electron chi connectivity index (χ0n) is 12.2.